The number of carbonyl (C=O) groups excluding carboxylic acids is 1. The third kappa shape index (κ3) is 7.10. The average molecular weight is 636 g/mol. The molecule has 1 heterocycles. The third-order valence-electron chi connectivity index (χ3n) is 6.51. The van der Waals surface area contributed by atoms with Crippen LogP contribution >= 0.6 is 12.4 Å². The summed E-state index contributed by atoms with van der Waals surface area (Å²) >= 11 is 0. The molecule has 5 aromatic rings. The predicted octanol–water partition coefficient (Wildman–Crippen LogP) is 6.18. The van der Waals surface area contributed by atoms with Gasteiger partial charge in [0.25, 0.3) is 15.9 Å². The average Bonchev–Trinajstić information content (AvgIpc) is 3.01. The van der Waals surface area contributed by atoms with Gasteiger partial charge in [0.05, 0.1) is 37.3 Å². The van der Waals surface area contributed by atoms with Gasteiger partial charge in [-0.3, -0.25) is 9.52 Å². The van der Waals surface area contributed by atoms with Gasteiger partial charge >= 0.3 is 0 Å². The number of methoxy groups -OCH3 is 3. The summed E-state index contributed by atoms with van der Waals surface area (Å²) < 4.78 is 45.4. The van der Waals surface area contributed by atoms with E-state index in [0.29, 0.717) is 45.2 Å². The Morgan fingerprint density at radius 1 is 0.727 bits per heavy atom. The van der Waals surface area contributed by atoms with Gasteiger partial charge in [-0.05, 0) is 61.0 Å². The van der Waals surface area contributed by atoms with E-state index in [1.807, 2.05) is 13.0 Å². The van der Waals surface area contributed by atoms with Gasteiger partial charge in [-0.25, -0.2) is 18.4 Å². The molecule has 3 N–H and O–H groups in total. The molecule has 228 valence electrons. The summed E-state index contributed by atoms with van der Waals surface area (Å²) in [5, 5.41) is 5.90. The number of aryl methyl sites for hydroxylation is 1. The number of rotatable bonds is 10. The van der Waals surface area contributed by atoms with Crippen LogP contribution in [0.3, 0.4) is 0 Å². The molecular formula is C31H30ClN5O6S. The lowest BCUT2D eigenvalue weighted by molar-refractivity contribution is 0.102. The summed E-state index contributed by atoms with van der Waals surface area (Å²) in [6.45, 7) is 1.88. The molecular weight excluding hydrogens is 606 g/mol. The molecule has 4 aromatic carbocycles. The molecule has 0 unspecified atom stereocenters. The van der Waals surface area contributed by atoms with E-state index in [-0.39, 0.29) is 34.8 Å². The maximum absolute atomic E-state index is 13.5. The predicted molar refractivity (Wildman–Crippen MR) is 173 cm³/mol. The molecule has 11 nitrogen and oxygen atoms in total. The lowest BCUT2D eigenvalue weighted by Gasteiger charge is -2.15. The summed E-state index contributed by atoms with van der Waals surface area (Å²) in [5.74, 6) is 1.47. The summed E-state index contributed by atoms with van der Waals surface area (Å²) in [6, 6.07) is 23.2. The van der Waals surface area contributed by atoms with E-state index >= 15 is 0 Å². The second-order valence-electron chi connectivity index (χ2n) is 9.40. The minimum absolute atomic E-state index is 0. The number of amides is 1. The van der Waals surface area contributed by atoms with E-state index in [9.17, 15) is 13.2 Å². The molecule has 0 saturated carbocycles. The molecule has 1 amide bonds. The zero-order valence-electron chi connectivity index (χ0n) is 24.2. The van der Waals surface area contributed by atoms with Gasteiger partial charge < -0.3 is 24.8 Å². The van der Waals surface area contributed by atoms with Gasteiger partial charge in [-0.15, -0.1) is 12.4 Å². The SMILES string of the molecule is COc1cc(Nc2nc3ccccc3nc2NS(=O)(=O)c2ccc(NC(=O)c3ccc(C)c(OC)c3)cc2)cc(OC)c1.Cl. The Hall–Kier alpha value is -5.07. The van der Waals surface area contributed by atoms with Gasteiger partial charge in [0.1, 0.15) is 17.2 Å². The fourth-order valence-electron chi connectivity index (χ4n) is 4.24. The second-order valence-corrected chi connectivity index (χ2v) is 11.1. The van der Waals surface area contributed by atoms with Crippen molar-refractivity contribution in [3.63, 3.8) is 0 Å². The highest BCUT2D eigenvalue weighted by Crippen LogP contribution is 2.31. The Labute approximate surface area is 261 Å². The van der Waals surface area contributed by atoms with Crippen LogP contribution in [0.1, 0.15) is 15.9 Å². The van der Waals surface area contributed by atoms with E-state index < -0.39 is 10.0 Å². The lowest BCUT2D eigenvalue weighted by atomic mass is 10.1. The first-order valence-corrected chi connectivity index (χ1v) is 14.5. The van der Waals surface area contributed by atoms with Crippen molar-refractivity contribution in [2.75, 3.05) is 36.7 Å². The Kier molecular flexibility index (Phi) is 9.77. The standard InChI is InChI=1S/C31H29N5O6S.ClH/c1-19-9-10-20(15-28(19)42-4)31(37)33-21-11-13-25(14-12-21)43(38,39)36-30-29(34-26-7-5-6-8-27(26)35-30)32-22-16-23(40-2)18-24(17-22)41-3;/h5-18H,1-4H3,(H,32,34)(H,33,37)(H,35,36);1H. The number of aromatic nitrogens is 2. The largest absolute Gasteiger partial charge is 0.497 e. The van der Waals surface area contributed by atoms with Crippen LogP contribution in [0.25, 0.3) is 11.0 Å². The van der Waals surface area contributed by atoms with Gasteiger partial charge in [-0.1, -0.05) is 18.2 Å². The number of fused-ring (bicyclic) bond motifs is 1. The molecule has 0 fully saturated rings. The molecule has 44 heavy (non-hydrogen) atoms. The first-order chi connectivity index (χ1) is 20.7. The smallest absolute Gasteiger partial charge is 0.263 e. The van der Waals surface area contributed by atoms with E-state index in [0.717, 1.165) is 5.56 Å². The van der Waals surface area contributed by atoms with Crippen LogP contribution in [-0.2, 0) is 10.0 Å². The quantitative estimate of drug-likeness (QED) is 0.164. The summed E-state index contributed by atoms with van der Waals surface area (Å²) in [5.41, 5.74) is 3.34. The molecule has 13 heteroatoms. The van der Waals surface area contributed by atoms with Gasteiger partial charge in [-0.2, -0.15) is 0 Å². The normalized spacial score (nSPS) is 10.8. The highest BCUT2D eigenvalue weighted by atomic mass is 35.5. The molecule has 0 bridgehead atoms. The zero-order valence-corrected chi connectivity index (χ0v) is 25.9. The number of halogens is 1. The molecule has 0 aliphatic rings. The topological polar surface area (TPSA) is 141 Å². The number of sulfonamides is 1. The van der Waals surface area contributed by atoms with Crippen molar-refractivity contribution in [1.82, 2.24) is 9.97 Å². The molecule has 0 radical (unpaired) electrons. The first kappa shape index (κ1) is 31.9. The van der Waals surface area contributed by atoms with Gasteiger partial charge in [0.15, 0.2) is 11.6 Å². The number of hydrogen-bond donors (Lipinski definition) is 3. The van der Waals surface area contributed by atoms with Crippen LogP contribution in [0.5, 0.6) is 17.2 Å². The van der Waals surface area contributed by atoms with Crippen molar-refractivity contribution >= 4 is 62.4 Å². The number of para-hydroxylation sites is 2. The first-order valence-electron chi connectivity index (χ1n) is 13.0. The van der Waals surface area contributed by atoms with Crippen LogP contribution in [0, 0.1) is 6.92 Å². The van der Waals surface area contributed by atoms with Crippen molar-refractivity contribution in [3.8, 4) is 17.2 Å². The highest BCUT2D eigenvalue weighted by Gasteiger charge is 2.20. The van der Waals surface area contributed by atoms with Crippen LogP contribution in [0.4, 0.5) is 23.0 Å². The summed E-state index contributed by atoms with van der Waals surface area (Å²) in [6.07, 6.45) is 0. The van der Waals surface area contributed by atoms with Gasteiger partial charge in [0.2, 0.25) is 0 Å². The van der Waals surface area contributed by atoms with E-state index in [2.05, 4.69) is 25.3 Å². The van der Waals surface area contributed by atoms with Crippen molar-refractivity contribution in [2.24, 2.45) is 0 Å². The van der Waals surface area contributed by atoms with Gasteiger partial charge in [0, 0.05) is 35.1 Å². The molecule has 0 aliphatic carbocycles. The maximum Gasteiger partial charge on any atom is 0.263 e. The molecule has 1 aromatic heterocycles. The number of anilines is 4. The molecule has 0 aliphatic heterocycles. The maximum atomic E-state index is 13.5. The number of carbonyl (C=O) groups is 1. The Bertz CT molecular complexity index is 1900. The van der Waals surface area contributed by atoms with E-state index in [1.54, 1.807) is 54.6 Å². The number of ether oxygens (including phenoxy) is 3. The second kappa shape index (κ2) is 13.5. The molecule has 0 spiro atoms. The van der Waals surface area contributed by atoms with Crippen molar-refractivity contribution in [2.45, 2.75) is 11.8 Å². The summed E-state index contributed by atoms with van der Waals surface area (Å²) in [4.78, 5) is 21.9. The number of benzene rings is 4. The fourth-order valence-corrected chi connectivity index (χ4v) is 5.25. The highest BCUT2D eigenvalue weighted by molar-refractivity contribution is 7.92. The Morgan fingerprint density at radius 3 is 1.93 bits per heavy atom. The lowest BCUT2D eigenvalue weighted by Crippen LogP contribution is -2.16. The zero-order chi connectivity index (χ0) is 30.6. The number of nitrogens with one attached hydrogen (secondary N) is 3. The number of hydrogen-bond acceptors (Lipinski definition) is 9. The molecule has 0 atom stereocenters. The van der Waals surface area contributed by atoms with E-state index in [4.69, 9.17) is 14.2 Å². The van der Waals surface area contributed by atoms with Crippen molar-refractivity contribution < 1.29 is 27.4 Å². The monoisotopic (exact) mass is 635 g/mol. The van der Waals surface area contributed by atoms with Crippen LogP contribution in [0.2, 0.25) is 0 Å². The van der Waals surface area contributed by atoms with Crippen molar-refractivity contribution in [3.05, 3.63) is 96.1 Å². The van der Waals surface area contributed by atoms with Crippen molar-refractivity contribution in [1.29, 1.82) is 0 Å². The van der Waals surface area contributed by atoms with Crippen LogP contribution in [-0.4, -0.2) is 45.6 Å². The minimum Gasteiger partial charge on any atom is -0.497 e. The Balaban J connectivity index is 0.00000442. The Morgan fingerprint density at radius 2 is 1.34 bits per heavy atom. The molecule has 5 rings (SSSR count). The van der Waals surface area contributed by atoms with Crippen LogP contribution < -0.4 is 29.6 Å². The fraction of sp³-hybridized carbons (Fsp3) is 0.129. The van der Waals surface area contributed by atoms with Crippen LogP contribution in [0.15, 0.2) is 89.8 Å². The van der Waals surface area contributed by atoms with E-state index in [1.165, 1.54) is 45.6 Å². The number of nitrogens with zero attached hydrogens (tertiary/aromatic N) is 2. The minimum atomic E-state index is -4.10. The molecule has 0 saturated heterocycles. The third-order valence-corrected chi connectivity index (χ3v) is 7.86. The summed E-state index contributed by atoms with van der Waals surface area (Å²) in [7, 11) is 0.497.